The molecule has 0 aromatic carbocycles. The Hall–Kier alpha value is -1.34. The molecule has 0 radical (unpaired) electrons. The molecule has 2 heterocycles. The Kier molecular flexibility index (Phi) is 6.09. The van der Waals surface area contributed by atoms with Crippen LogP contribution in [0.15, 0.2) is 0 Å². The Balaban J connectivity index is 2.05. The third-order valence-corrected chi connectivity index (χ3v) is 3.96. The predicted octanol–water partition coefficient (Wildman–Crippen LogP) is -2.93. The van der Waals surface area contributed by atoms with Gasteiger partial charge in [0.05, 0.1) is 12.2 Å². The van der Waals surface area contributed by atoms with Crippen molar-refractivity contribution in [2.24, 2.45) is 0 Å². The average Bonchev–Trinajstić information content (AvgIpc) is 2.49. The van der Waals surface area contributed by atoms with Crippen molar-refractivity contribution in [3.63, 3.8) is 0 Å². The van der Waals surface area contributed by atoms with Crippen LogP contribution in [0, 0.1) is 0 Å². The van der Waals surface area contributed by atoms with E-state index in [0.29, 0.717) is 0 Å². The number of aliphatic hydroxyl groups excluding tert-OH is 3. The van der Waals surface area contributed by atoms with E-state index in [1.807, 2.05) is 0 Å². The van der Waals surface area contributed by atoms with E-state index in [-0.39, 0.29) is 12.8 Å². The van der Waals surface area contributed by atoms with Gasteiger partial charge in [-0.15, -0.1) is 0 Å². The number of hydrogen-bond donors (Lipinski definition) is 6. The first-order valence-corrected chi connectivity index (χ1v) is 7.38. The summed E-state index contributed by atoms with van der Waals surface area (Å²) < 4.78 is 15.8. The molecule has 138 valence electrons. The molecule has 0 saturated carbocycles. The quantitative estimate of drug-likeness (QED) is 0.299. The maximum absolute atomic E-state index is 11.0. The van der Waals surface area contributed by atoms with Crippen LogP contribution >= 0.6 is 0 Å². The molecule has 0 aromatic heterocycles. The number of likely N-dealkylation sites (N-methyl/N-ethyl adjacent to an activating group) is 1. The summed E-state index contributed by atoms with van der Waals surface area (Å²) in [7, 11) is 1.49. The molecule has 6 N–H and O–H groups in total. The van der Waals surface area contributed by atoms with Gasteiger partial charge in [0, 0.05) is 12.8 Å². The van der Waals surface area contributed by atoms with Crippen molar-refractivity contribution < 1.29 is 49.3 Å². The molecule has 0 bridgehead atoms. The van der Waals surface area contributed by atoms with Gasteiger partial charge < -0.3 is 39.7 Å². The van der Waals surface area contributed by atoms with E-state index >= 15 is 0 Å². The van der Waals surface area contributed by atoms with Crippen LogP contribution < -0.4 is 5.32 Å². The minimum Gasteiger partial charge on any atom is -0.479 e. The second-order valence-electron chi connectivity index (χ2n) is 5.72. The van der Waals surface area contributed by atoms with Gasteiger partial charge in [0.15, 0.2) is 18.5 Å². The third kappa shape index (κ3) is 4.00. The van der Waals surface area contributed by atoms with Crippen molar-refractivity contribution in [3.05, 3.63) is 0 Å². The van der Waals surface area contributed by atoms with Crippen LogP contribution in [0.3, 0.4) is 0 Å². The number of aliphatic hydroxyl groups is 3. The lowest BCUT2D eigenvalue weighted by atomic mass is 10.00. The van der Waals surface area contributed by atoms with Crippen LogP contribution in [0.25, 0.3) is 0 Å². The normalized spacial score (nSPS) is 43.3. The van der Waals surface area contributed by atoms with E-state index < -0.39 is 61.1 Å². The number of hydrogen-bond acceptors (Lipinski definition) is 9. The fourth-order valence-corrected chi connectivity index (χ4v) is 2.75. The van der Waals surface area contributed by atoms with Crippen molar-refractivity contribution >= 4 is 11.9 Å². The zero-order valence-corrected chi connectivity index (χ0v) is 12.8. The van der Waals surface area contributed by atoms with Gasteiger partial charge in [-0.25, -0.2) is 9.59 Å². The lowest BCUT2D eigenvalue weighted by Crippen LogP contribution is -2.59. The molecule has 24 heavy (non-hydrogen) atoms. The number of rotatable bonds is 5. The van der Waals surface area contributed by atoms with E-state index in [1.54, 1.807) is 0 Å². The van der Waals surface area contributed by atoms with Crippen LogP contribution in [0.4, 0.5) is 0 Å². The van der Waals surface area contributed by atoms with Gasteiger partial charge in [-0.05, 0) is 7.05 Å². The highest BCUT2D eigenvalue weighted by atomic mass is 16.7. The molecule has 2 fully saturated rings. The van der Waals surface area contributed by atoms with Crippen molar-refractivity contribution in [2.45, 2.75) is 62.0 Å². The van der Waals surface area contributed by atoms with Gasteiger partial charge in [0.1, 0.15) is 18.4 Å². The fourth-order valence-electron chi connectivity index (χ4n) is 2.75. The van der Waals surface area contributed by atoms with Gasteiger partial charge >= 0.3 is 11.9 Å². The smallest absolute Gasteiger partial charge is 0.335 e. The lowest BCUT2D eigenvalue weighted by Gasteiger charge is -2.41. The summed E-state index contributed by atoms with van der Waals surface area (Å²) >= 11 is 0. The zero-order valence-electron chi connectivity index (χ0n) is 12.8. The zero-order chi connectivity index (χ0) is 18.0. The molecular formula is C13H21NO10. The molecule has 4 unspecified atom stereocenters. The van der Waals surface area contributed by atoms with Gasteiger partial charge in [-0.2, -0.15) is 0 Å². The molecule has 0 aliphatic carbocycles. The summed E-state index contributed by atoms with van der Waals surface area (Å²) in [6, 6.07) is 0. The van der Waals surface area contributed by atoms with Crippen molar-refractivity contribution in [1.82, 2.24) is 5.32 Å². The molecule has 2 rings (SSSR count). The summed E-state index contributed by atoms with van der Waals surface area (Å²) in [5.41, 5.74) is 0. The topological polar surface area (TPSA) is 175 Å². The van der Waals surface area contributed by atoms with Crippen LogP contribution in [-0.2, 0) is 23.8 Å². The van der Waals surface area contributed by atoms with Gasteiger partial charge in [-0.1, -0.05) is 0 Å². The lowest BCUT2D eigenvalue weighted by molar-refractivity contribution is -0.302. The Bertz CT molecular complexity index is 474. The second kappa shape index (κ2) is 7.70. The van der Waals surface area contributed by atoms with Crippen molar-refractivity contribution in [3.8, 4) is 0 Å². The highest BCUT2D eigenvalue weighted by molar-refractivity contribution is 5.73. The number of ether oxygens (including phenoxy) is 3. The summed E-state index contributed by atoms with van der Waals surface area (Å²) in [5, 5.41) is 50.0. The van der Waals surface area contributed by atoms with E-state index in [9.17, 15) is 24.9 Å². The van der Waals surface area contributed by atoms with E-state index in [2.05, 4.69) is 5.32 Å². The average molecular weight is 351 g/mol. The summed E-state index contributed by atoms with van der Waals surface area (Å²) in [5.74, 6) is -2.73. The highest BCUT2D eigenvalue weighted by Gasteiger charge is 2.46. The molecule has 2 aliphatic rings. The van der Waals surface area contributed by atoms with E-state index in [0.717, 1.165) is 0 Å². The Morgan fingerprint density at radius 3 is 2.04 bits per heavy atom. The summed E-state index contributed by atoms with van der Waals surface area (Å²) in [6.45, 7) is 0. The van der Waals surface area contributed by atoms with Crippen LogP contribution in [0.1, 0.15) is 12.8 Å². The molecule has 0 amide bonds. The van der Waals surface area contributed by atoms with Crippen molar-refractivity contribution in [1.29, 1.82) is 0 Å². The van der Waals surface area contributed by atoms with Crippen LogP contribution in [0.2, 0.25) is 0 Å². The third-order valence-electron chi connectivity index (χ3n) is 3.96. The fraction of sp³-hybridized carbons (Fsp3) is 0.846. The molecule has 0 spiro atoms. The van der Waals surface area contributed by atoms with E-state index in [4.69, 9.17) is 24.4 Å². The molecule has 2 aliphatic heterocycles. The Morgan fingerprint density at radius 2 is 1.50 bits per heavy atom. The summed E-state index contributed by atoms with van der Waals surface area (Å²) in [6.07, 6.45) is -10.6. The van der Waals surface area contributed by atoms with Crippen LogP contribution in [0.5, 0.6) is 0 Å². The summed E-state index contributed by atoms with van der Waals surface area (Å²) in [4.78, 5) is 22.1. The Labute approximate surface area is 136 Å². The van der Waals surface area contributed by atoms with Gasteiger partial charge in [0.2, 0.25) is 0 Å². The largest absolute Gasteiger partial charge is 0.479 e. The predicted molar refractivity (Wildman–Crippen MR) is 73.8 cm³/mol. The van der Waals surface area contributed by atoms with Gasteiger partial charge in [0.25, 0.3) is 0 Å². The molecule has 11 nitrogen and oxygen atoms in total. The standard InChI is InChI=1S/C13H21NO10/c1-14-10-7(3-5(16)8(23-10)11(18)19)22-13-6(17)2-4(15)9(24-13)12(20)21/h4-10,13-17H,2-3H2,1H3,(H,18,19)(H,20,21)/t4-,5-,6?,7?,8?,9?,10-,13+/m0/s1. The highest BCUT2D eigenvalue weighted by Crippen LogP contribution is 2.27. The first kappa shape index (κ1) is 19.0. The minimum atomic E-state index is -1.56. The van der Waals surface area contributed by atoms with Crippen molar-refractivity contribution in [2.75, 3.05) is 7.05 Å². The second-order valence-corrected chi connectivity index (χ2v) is 5.72. The molecule has 8 atom stereocenters. The van der Waals surface area contributed by atoms with Crippen LogP contribution in [-0.4, -0.2) is 93.7 Å². The maximum Gasteiger partial charge on any atom is 0.335 e. The maximum atomic E-state index is 11.0. The number of carbonyl (C=O) groups is 2. The first-order valence-electron chi connectivity index (χ1n) is 7.38. The SMILES string of the molecule is CN[C@H]1OC(C(=O)O)[C@@H](O)CC1O[C@@H]1OC(C(=O)O)[C@@H](O)CC1O. The number of nitrogens with one attached hydrogen (secondary N) is 1. The minimum absolute atomic E-state index is 0.130. The molecule has 11 heteroatoms. The molecular weight excluding hydrogens is 330 g/mol. The van der Waals surface area contributed by atoms with E-state index in [1.165, 1.54) is 7.05 Å². The van der Waals surface area contributed by atoms with Gasteiger partial charge in [-0.3, -0.25) is 5.32 Å². The number of carboxylic acid groups (broad SMARTS) is 2. The monoisotopic (exact) mass is 351 g/mol. The number of carboxylic acids is 2. The molecule has 0 aromatic rings. The first-order chi connectivity index (χ1) is 11.2. The number of aliphatic carboxylic acids is 2. The molecule has 2 saturated heterocycles. The Morgan fingerprint density at radius 1 is 0.958 bits per heavy atom.